The molecule has 126 valence electrons. The summed E-state index contributed by atoms with van der Waals surface area (Å²) in [6.07, 6.45) is 1.75. The molecule has 1 rings (SSSR count). The van der Waals surface area contributed by atoms with Gasteiger partial charge in [0.15, 0.2) is 18.2 Å². The van der Waals surface area contributed by atoms with Crippen molar-refractivity contribution in [3.63, 3.8) is 0 Å². The number of hydrogen-bond donors (Lipinski definition) is 2. The van der Waals surface area contributed by atoms with E-state index in [4.69, 9.17) is 4.74 Å². The van der Waals surface area contributed by atoms with E-state index in [1.165, 1.54) is 6.07 Å². The molecule has 23 heavy (non-hydrogen) atoms. The number of nitrogens with one attached hydrogen (secondary N) is 2. The molecule has 0 fully saturated rings. The molecule has 0 atom stereocenters. The van der Waals surface area contributed by atoms with E-state index in [1.54, 1.807) is 0 Å². The van der Waals surface area contributed by atoms with Crippen LogP contribution in [0.1, 0.15) is 26.2 Å². The highest BCUT2D eigenvalue weighted by Crippen LogP contribution is 2.12. The molecule has 8 heteroatoms. The summed E-state index contributed by atoms with van der Waals surface area (Å²) in [6.45, 7) is 1.07. The van der Waals surface area contributed by atoms with E-state index in [9.17, 15) is 23.2 Å². The summed E-state index contributed by atoms with van der Waals surface area (Å²) in [5, 5.41) is 4.53. The Balaban J connectivity index is 2.28. The second-order valence-corrected chi connectivity index (χ2v) is 4.72. The van der Waals surface area contributed by atoms with E-state index < -0.39 is 36.0 Å². The fourth-order valence-corrected chi connectivity index (χ4v) is 1.55. The van der Waals surface area contributed by atoms with E-state index in [2.05, 4.69) is 10.6 Å². The number of unbranched alkanes of at least 4 members (excludes halogenated alkanes) is 1. The van der Waals surface area contributed by atoms with Crippen molar-refractivity contribution in [1.82, 2.24) is 5.32 Å². The molecule has 0 aliphatic carbocycles. The van der Waals surface area contributed by atoms with Crippen LogP contribution in [0.2, 0.25) is 0 Å². The number of ether oxygens (including phenoxy) is 1. The van der Waals surface area contributed by atoms with Crippen LogP contribution in [-0.2, 0) is 19.1 Å². The maximum absolute atomic E-state index is 13.0. The Labute approximate surface area is 132 Å². The highest BCUT2D eigenvalue weighted by Gasteiger charge is 2.10. The van der Waals surface area contributed by atoms with Crippen LogP contribution >= 0.6 is 0 Å². The highest BCUT2D eigenvalue weighted by molar-refractivity contribution is 5.94. The van der Waals surface area contributed by atoms with E-state index in [0.717, 1.165) is 18.6 Å². The molecular weight excluding hydrogens is 310 g/mol. The minimum absolute atomic E-state index is 0.0640. The zero-order valence-corrected chi connectivity index (χ0v) is 12.7. The smallest absolute Gasteiger partial charge is 0.306 e. The third-order valence-electron chi connectivity index (χ3n) is 2.75. The molecule has 6 nitrogen and oxygen atoms in total. The lowest BCUT2D eigenvalue weighted by molar-refractivity contribution is -0.148. The van der Waals surface area contributed by atoms with Gasteiger partial charge in [-0.1, -0.05) is 13.3 Å². The Morgan fingerprint density at radius 1 is 1.13 bits per heavy atom. The van der Waals surface area contributed by atoms with Gasteiger partial charge < -0.3 is 15.4 Å². The van der Waals surface area contributed by atoms with Crippen LogP contribution in [0, 0.1) is 11.6 Å². The molecule has 1 aromatic rings. The van der Waals surface area contributed by atoms with Gasteiger partial charge in [0.25, 0.3) is 5.91 Å². The van der Waals surface area contributed by atoms with Crippen molar-refractivity contribution < 1.29 is 27.9 Å². The number of anilines is 1. The van der Waals surface area contributed by atoms with Crippen LogP contribution in [0.5, 0.6) is 0 Å². The Morgan fingerprint density at radius 3 is 2.52 bits per heavy atom. The van der Waals surface area contributed by atoms with Crippen molar-refractivity contribution in [3.05, 3.63) is 29.8 Å². The Bertz CT molecular complexity index is 579. The van der Waals surface area contributed by atoms with Crippen molar-refractivity contribution in [2.24, 2.45) is 0 Å². The Morgan fingerprint density at radius 2 is 1.87 bits per heavy atom. The first-order valence-corrected chi connectivity index (χ1v) is 7.09. The SMILES string of the molecule is CCCCC(=O)OCC(=O)NCC(=O)Nc1ccc(F)c(F)c1. The van der Waals surface area contributed by atoms with Gasteiger partial charge in [0.05, 0.1) is 6.54 Å². The zero-order chi connectivity index (χ0) is 17.2. The molecular formula is C15H18F2N2O4. The van der Waals surface area contributed by atoms with Crippen LogP contribution < -0.4 is 10.6 Å². The van der Waals surface area contributed by atoms with Gasteiger partial charge in [0, 0.05) is 18.2 Å². The van der Waals surface area contributed by atoms with E-state index in [1.807, 2.05) is 6.92 Å². The fraction of sp³-hybridized carbons (Fsp3) is 0.400. The zero-order valence-electron chi connectivity index (χ0n) is 12.7. The van der Waals surface area contributed by atoms with Gasteiger partial charge in [-0.25, -0.2) is 8.78 Å². The summed E-state index contributed by atoms with van der Waals surface area (Å²) in [7, 11) is 0. The molecule has 2 N–H and O–H groups in total. The van der Waals surface area contributed by atoms with Crippen LogP contribution in [0.25, 0.3) is 0 Å². The van der Waals surface area contributed by atoms with Gasteiger partial charge in [0.1, 0.15) is 0 Å². The lowest BCUT2D eigenvalue weighted by Crippen LogP contribution is -2.35. The number of halogens is 2. The predicted octanol–water partition coefficient (Wildman–Crippen LogP) is 1.75. The van der Waals surface area contributed by atoms with Crippen molar-refractivity contribution in [1.29, 1.82) is 0 Å². The molecule has 0 saturated heterocycles. The summed E-state index contributed by atoms with van der Waals surface area (Å²) in [5.41, 5.74) is 0.0640. The number of carbonyl (C=O) groups excluding carboxylic acids is 3. The normalized spacial score (nSPS) is 10.0. The molecule has 0 heterocycles. The molecule has 0 spiro atoms. The summed E-state index contributed by atoms with van der Waals surface area (Å²) >= 11 is 0. The lowest BCUT2D eigenvalue weighted by atomic mass is 10.2. The van der Waals surface area contributed by atoms with Crippen LogP contribution in [-0.4, -0.2) is 30.9 Å². The predicted molar refractivity (Wildman–Crippen MR) is 78.5 cm³/mol. The minimum Gasteiger partial charge on any atom is -0.456 e. The molecule has 0 aromatic heterocycles. The van der Waals surface area contributed by atoms with E-state index in [-0.39, 0.29) is 18.7 Å². The molecule has 1 aromatic carbocycles. The average molecular weight is 328 g/mol. The first-order valence-electron chi connectivity index (χ1n) is 7.09. The monoisotopic (exact) mass is 328 g/mol. The number of hydrogen-bond acceptors (Lipinski definition) is 4. The third-order valence-corrected chi connectivity index (χ3v) is 2.75. The summed E-state index contributed by atoms with van der Waals surface area (Å²) in [6, 6.07) is 2.89. The van der Waals surface area contributed by atoms with Crippen molar-refractivity contribution in [3.8, 4) is 0 Å². The number of esters is 1. The molecule has 0 unspecified atom stereocenters. The largest absolute Gasteiger partial charge is 0.456 e. The van der Waals surface area contributed by atoms with Crippen LogP contribution in [0.4, 0.5) is 14.5 Å². The maximum atomic E-state index is 13.0. The molecule has 0 radical (unpaired) electrons. The molecule has 0 bridgehead atoms. The van der Waals surface area contributed by atoms with Gasteiger partial charge >= 0.3 is 5.97 Å². The van der Waals surface area contributed by atoms with Gasteiger partial charge in [-0.2, -0.15) is 0 Å². The molecule has 0 saturated carbocycles. The Hall–Kier alpha value is -2.51. The first-order chi connectivity index (χ1) is 10.9. The molecule has 2 amide bonds. The van der Waals surface area contributed by atoms with E-state index in [0.29, 0.717) is 6.42 Å². The minimum atomic E-state index is -1.09. The lowest BCUT2D eigenvalue weighted by Gasteiger charge is -2.08. The standard InChI is InChI=1S/C15H18F2N2O4/c1-2-3-4-15(22)23-9-14(21)18-8-13(20)19-10-5-6-11(16)12(17)7-10/h5-7H,2-4,8-9H2,1H3,(H,18,21)(H,19,20). The summed E-state index contributed by atoms with van der Waals surface area (Å²) < 4.78 is 30.4. The van der Waals surface area contributed by atoms with Crippen molar-refractivity contribution in [2.75, 3.05) is 18.5 Å². The topological polar surface area (TPSA) is 84.5 Å². The van der Waals surface area contributed by atoms with Gasteiger partial charge in [-0.3, -0.25) is 14.4 Å². The van der Waals surface area contributed by atoms with Crippen molar-refractivity contribution >= 4 is 23.5 Å². The summed E-state index contributed by atoms with van der Waals surface area (Å²) in [4.78, 5) is 34.1. The second-order valence-electron chi connectivity index (χ2n) is 4.72. The number of benzene rings is 1. The van der Waals surface area contributed by atoms with E-state index >= 15 is 0 Å². The van der Waals surface area contributed by atoms with Crippen LogP contribution in [0.3, 0.4) is 0 Å². The highest BCUT2D eigenvalue weighted by atomic mass is 19.2. The number of carbonyl (C=O) groups is 3. The second kappa shape index (κ2) is 9.50. The Kier molecular flexibility index (Phi) is 7.65. The maximum Gasteiger partial charge on any atom is 0.306 e. The van der Waals surface area contributed by atoms with Crippen molar-refractivity contribution in [2.45, 2.75) is 26.2 Å². The first kappa shape index (κ1) is 18.5. The number of rotatable bonds is 8. The third kappa shape index (κ3) is 7.35. The fourth-order valence-electron chi connectivity index (χ4n) is 1.55. The average Bonchev–Trinajstić information content (AvgIpc) is 2.52. The summed E-state index contributed by atoms with van der Waals surface area (Å²) in [5.74, 6) is -3.85. The van der Waals surface area contributed by atoms with Gasteiger partial charge in [-0.15, -0.1) is 0 Å². The number of amides is 2. The molecule has 0 aliphatic rings. The quantitative estimate of drug-likeness (QED) is 0.712. The molecule has 0 aliphatic heterocycles. The van der Waals surface area contributed by atoms with Crippen LogP contribution in [0.15, 0.2) is 18.2 Å². The van der Waals surface area contributed by atoms with Gasteiger partial charge in [0.2, 0.25) is 5.91 Å². The van der Waals surface area contributed by atoms with Gasteiger partial charge in [-0.05, 0) is 18.6 Å².